The molecule has 15 heavy (non-hydrogen) atoms. The van der Waals surface area contributed by atoms with Crippen molar-refractivity contribution in [1.29, 1.82) is 0 Å². The molecular formula is C10H20N2O2S. The highest BCUT2D eigenvalue weighted by Crippen LogP contribution is 2.10. The van der Waals surface area contributed by atoms with Gasteiger partial charge in [0.1, 0.15) is 0 Å². The summed E-state index contributed by atoms with van der Waals surface area (Å²) in [5.74, 6) is 0.600. The standard InChI is InChI=1S/C10H20N2O2S/c1-8(6-13-2)12-10(15)11-5-9-3-4-14-7-9/h8-9H,3-7H2,1-2H3,(H2,11,12,15). The molecule has 1 rings (SSSR count). The van der Waals surface area contributed by atoms with E-state index in [9.17, 15) is 0 Å². The summed E-state index contributed by atoms with van der Waals surface area (Å²) in [5.41, 5.74) is 0. The predicted octanol–water partition coefficient (Wildman–Crippen LogP) is 0.522. The monoisotopic (exact) mass is 232 g/mol. The van der Waals surface area contributed by atoms with Crippen molar-refractivity contribution in [3.05, 3.63) is 0 Å². The highest BCUT2D eigenvalue weighted by atomic mass is 32.1. The Morgan fingerprint density at radius 3 is 3.07 bits per heavy atom. The first-order valence-corrected chi connectivity index (χ1v) is 5.74. The van der Waals surface area contributed by atoms with Gasteiger partial charge in [0.15, 0.2) is 5.11 Å². The Hall–Kier alpha value is -0.390. The van der Waals surface area contributed by atoms with E-state index in [1.807, 2.05) is 6.92 Å². The lowest BCUT2D eigenvalue weighted by Gasteiger charge is -2.17. The molecule has 0 aliphatic carbocycles. The summed E-state index contributed by atoms with van der Waals surface area (Å²) in [7, 11) is 1.69. The van der Waals surface area contributed by atoms with Crippen molar-refractivity contribution in [1.82, 2.24) is 10.6 Å². The summed E-state index contributed by atoms with van der Waals surface area (Å²) in [5, 5.41) is 7.06. The number of methoxy groups -OCH3 is 1. The van der Waals surface area contributed by atoms with Crippen molar-refractivity contribution >= 4 is 17.3 Å². The van der Waals surface area contributed by atoms with Crippen LogP contribution < -0.4 is 10.6 Å². The van der Waals surface area contributed by atoms with Crippen molar-refractivity contribution in [2.24, 2.45) is 5.92 Å². The molecule has 0 amide bonds. The van der Waals surface area contributed by atoms with E-state index < -0.39 is 0 Å². The van der Waals surface area contributed by atoms with Crippen LogP contribution in [0.2, 0.25) is 0 Å². The third-order valence-corrected chi connectivity index (χ3v) is 2.63. The van der Waals surface area contributed by atoms with Gasteiger partial charge in [0, 0.05) is 32.2 Å². The van der Waals surface area contributed by atoms with Crippen molar-refractivity contribution < 1.29 is 9.47 Å². The van der Waals surface area contributed by atoms with E-state index in [1.54, 1.807) is 7.11 Å². The fraction of sp³-hybridized carbons (Fsp3) is 0.900. The molecule has 0 spiro atoms. The Morgan fingerprint density at radius 1 is 1.67 bits per heavy atom. The van der Waals surface area contributed by atoms with Crippen LogP contribution in [-0.2, 0) is 9.47 Å². The maximum Gasteiger partial charge on any atom is 0.166 e. The molecule has 1 fully saturated rings. The Labute approximate surface area is 96.7 Å². The molecule has 1 heterocycles. The molecule has 0 saturated carbocycles. The van der Waals surface area contributed by atoms with Crippen molar-refractivity contribution in [3.63, 3.8) is 0 Å². The van der Waals surface area contributed by atoms with Gasteiger partial charge >= 0.3 is 0 Å². The normalized spacial score (nSPS) is 22.4. The average Bonchev–Trinajstić information content (AvgIpc) is 2.67. The minimum atomic E-state index is 0.245. The molecule has 1 aliphatic rings. The third kappa shape index (κ3) is 5.30. The van der Waals surface area contributed by atoms with Gasteiger partial charge in [-0.15, -0.1) is 0 Å². The highest BCUT2D eigenvalue weighted by molar-refractivity contribution is 7.80. The highest BCUT2D eigenvalue weighted by Gasteiger charge is 2.15. The van der Waals surface area contributed by atoms with Crippen LogP contribution in [0.1, 0.15) is 13.3 Å². The zero-order valence-corrected chi connectivity index (χ0v) is 10.2. The molecule has 0 aromatic carbocycles. The maximum absolute atomic E-state index is 5.29. The second kappa shape index (κ2) is 6.98. The lowest BCUT2D eigenvalue weighted by molar-refractivity contribution is 0.179. The Kier molecular flexibility index (Phi) is 5.90. The van der Waals surface area contributed by atoms with Gasteiger partial charge in [-0.05, 0) is 25.6 Å². The van der Waals surface area contributed by atoms with Crippen LogP contribution in [0, 0.1) is 5.92 Å². The largest absolute Gasteiger partial charge is 0.383 e. The molecular weight excluding hydrogens is 212 g/mol. The van der Waals surface area contributed by atoms with E-state index in [0.29, 0.717) is 17.6 Å². The Balaban J connectivity index is 2.07. The topological polar surface area (TPSA) is 42.5 Å². The van der Waals surface area contributed by atoms with Crippen LogP contribution in [0.15, 0.2) is 0 Å². The van der Waals surface area contributed by atoms with Crippen LogP contribution in [0.5, 0.6) is 0 Å². The molecule has 88 valence electrons. The lowest BCUT2D eigenvalue weighted by atomic mass is 10.1. The van der Waals surface area contributed by atoms with Gasteiger partial charge in [0.2, 0.25) is 0 Å². The summed E-state index contributed by atoms with van der Waals surface area (Å²) < 4.78 is 10.3. The molecule has 0 aromatic rings. The molecule has 2 unspecified atom stereocenters. The van der Waals surface area contributed by atoms with Gasteiger partial charge in [-0.1, -0.05) is 0 Å². The van der Waals surface area contributed by atoms with E-state index in [1.165, 1.54) is 0 Å². The minimum absolute atomic E-state index is 0.245. The zero-order chi connectivity index (χ0) is 11.1. The van der Waals surface area contributed by atoms with Crippen LogP contribution in [0.4, 0.5) is 0 Å². The second-order valence-corrected chi connectivity index (χ2v) is 4.35. The number of rotatable bonds is 5. The summed E-state index contributed by atoms with van der Waals surface area (Å²) in [6.45, 7) is 5.33. The summed E-state index contributed by atoms with van der Waals surface area (Å²) in [4.78, 5) is 0. The van der Waals surface area contributed by atoms with E-state index >= 15 is 0 Å². The van der Waals surface area contributed by atoms with E-state index in [0.717, 1.165) is 26.2 Å². The summed E-state index contributed by atoms with van der Waals surface area (Å²) in [6.07, 6.45) is 1.13. The number of thiocarbonyl (C=S) groups is 1. The van der Waals surface area contributed by atoms with Crippen LogP contribution in [0.3, 0.4) is 0 Å². The number of nitrogens with one attached hydrogen (secondary N) is 2. The van der Waals surface area contributed by atoms with E-state index in [-0.39, 0.29) is 6.04 Å². The van der Waals surface area contributed by atoms with Gasteiger partial charge in [-0.2, -0.15) is 0 Å². The maximum atomic E-state index is 5.29. The third-order valence-electron chi connectivity index (χ3n) is 2.37. The fourth-order valence-electron chi connectivity index (χ4n) is 1.55. The Bertz CT molecular complexity index is 196. The smallest absolute Gasteiger partial charge is 0.166 e. The van der Waals surface area contributed by atoms with Gasteiger partial charge in [0.05, 0.1) is 13.2 Å². The predicted molar refractivity (Wildman–Crippen MR) is 64.0 cm³/mol. The Morgan fingerprint density at radius 2 is 2.47 bits per heavy atom. The van der Waals surface area contributed by atoms with E-state index in [4.69, 9.17) is 21.7 Å². The first kappa shape index (κ1) is 12.7. The number of ether oxygens (including phenoxy) is 2. The minimum Gasteiger partial charge on any atom is -0.383 e. The quantitative estimate of drug-likeness (QED) is 0.677. The molecule has 0 aromatic heterocycles. The average molecular weight is 232 g/mol. The number of hydrogen-bond donors (Lipinski definition) is 2. The molecule has 1 aliphatic heterocycles. The molecule has 2 atom stereocenters. The van der Waals surface area contributed by atoms with Gasteiger partial charge in [-0.3, -0.25) is 0 Å². The van der Waals surface area contributed by atoms with Crippen LogP contribution >= 0.6 is 12.2 Å². The van der Waals surface area contributed by atoms with Crippen molar-refractivity contribution in [3.8, 4) is 0 Å². The van der Waals surface area contributed by atoms with Crippen LogP contribution in [0.25, 0.3) is 0 Å². The zero-order valence-electron chi connectivity index (χ0n) is 9.41. The van der Waals surface area contributed by atoms with Gasteiger partial charge in [0.25, 0.3) is 0 Å². The van der Waals surface area contributed by atoms with Gasteiger partial charge in [-0.25, -0.2) is 0 Å². The second-order valence-electron chi connectivity index (χ2n) is 3.94. The molecule has 0 radical (unpaired) electrons. The first-order valence-electron chi connectivity index (χ1n) is 5.33. The van der Waals surface area contributed by atoms with Gasteiger partial charge < -0.3 is 20.1 Å². The van der Waals surface area contributed by atoms with E-state index in [2.05, 4.69) is 10.6 Å². The van der Waals surface area contributed by atoms with Crippen molar-refractivity contribution in [2.45, 2.75) is 19.4 Å². The SMILES string of the molecule is COCC(C)NC(=S)NCC1CCOC1. The van der Waals surface area contributed by atoms with Crippen molar-refractivity contribution in [2.75, 3.05) is 33.5 Å². The molecule has 0 bridgehead atoms. The fourth-order valence-corrected chi connectivity index (χ4v) is 1.83. The molecule has 4 nitrogen and oxygen atoms in total. The lowest BCUT2D eigenvalue weighted by Crippen LogP contribution is -2.43. The molecule has 2 N–H and O–H groups in total. The summed E-state index contributed by atoms with van der Waals surface area (Å²) >= 11 is 5.16. The first-order chi connectivity index (χ1) is 7.22. The molecule has 1 saturated heterocycles. The summed E-state index contributed by atoms with van der Waals surface area (Å²) in [6, 6.07) is 0.245. The molecule has 5 heteroatoms. The van der Waals surface area contributed by atoms with Crippen LogP contribution in [-0.4, -0.2) is 44.6 Å². The number of hydrogen-bond acceptors (Lipinski definition) is 3.